The molecule has 0 saturated heterocycles. The topological polar surface area (TPSA) is 108 Å². The number of nitrogens with two attached hydrogens (primary N) is 1. The van der Waals surface area contributed by atoms with Crippen LogP contribution in [0.2, 0.25) is 13.3 Å². The van der Waals surface area contributed by atoms with Crippen LogP contribution in [0.4, 0.5) is 0 Å². The van der Waals surface area contributed by atoms with Crippen molar-refractivity contribution in [2.75, 3.05) is 6.54 Å². The number of carboxylic acid groups (broad SMARTS) is 1. The average molecular weight is 551 g/mol. The number of carbonyl (C=O) groups excluding carboxylic acids is 1. The van der Waals surface area contributed by atoms with Crippen molar-refractivity contribution in [1.29, 1.82) is 0 Å². The molecule has 1 aromatic heterocycles. The van der Waals surface area contributed by atoms with E-state index in [1.807, 2.05) is 24.3 Å². The molecule has 1 heterocycles. The quantitative estimate of drug-likeness (QED) is 0.245. The van der Waals surface area contributed by atoms with E-state index in [1.165, 1.54) is 38.5 Å². The summed E-state index contributed by atoms with van der Waals surface area (Å²) in [7, 11) is 0. The zero-order chi connectivity index (χ0) is 23.8. The first kappa shape index (κ1) is 28.5. The van der Waals surface area contributed by atoms with Crippen molar-refractivity contribution >= 4 is 42.5 Å². The van der Waals surface area contributed by atoms with E-state index < -0.39 is 37.7 Å². The molecular formula is C25H42N3O3Sn. The molecule has 0 unspecified atom stereocenters. The predicted octanol–water partition coefficient (Wildman–Crippen LogP) is 5.12. The van der Waals surface area contributed by atoms with E-state index in [2.05, 4.69) is 31.1 Å². The molecule has 32 heavy (non-hydrogen) atoms. The van der Waals surface area contributed by atoms with E-state index in [4.69, 9.17) is 10.8 Å². The summed E-state index contributed by atoms with van der Waals surface area (Å²) in [6, 6.07) is 6.62. The fourth-order valence-electron chi connectivity index (χ4n) is 3.63. The van der Waals surface area contributed by atoms with Crippen molar-refractivity contribution in [1.82, 2.24) is 10.3 Å². The first-order valence-corrected chi connectivity index (χ1v) is 18.1. The largest absolute Gasteiger partial charge is 0.480 e. The second-order valence-electron chi connectivity index (χ2n) is 8.29. The van der Waals surface area contributed by atoms with Crippen molar-refractivity contribution in [2.24, 2.45) is 5.73 Å². The Morgan fingerprint density at radius 3 is 2.09 bits per heavy atom. The monoisotopic (exact) mass is 552 g/mol. The van der Waals surface area contributed by atoms with Crippen LogP contribution in [-0.4, -0.2) is 54.3 Å². The summed E-state index contributed by atoms with van der Waals surface area (Å²) in [5.74, 6) is -1.56. The van der Waals surface area contributed by atoms with Gasteiger partial charge in [0.1, 0.15) is 6.04 Å². The molecule has 6 nitrogen and oxygen atoms in total. The molecule has 1 amide bonds. The van der Waals surface area contributed by atoms with Gasteiger partial charge in [0.05, 0.1) is 6.54 Å². The molecule has 179 valence electrons. The van der Waals surface area contributed by atoms with Gasteiger partial charge in [-0.2, -0.15) is 0 Å². The normalized spacial score (nSPS) is 11.8. The van der Waals surface area contributed by atoms with Gasteiger partial charge in [-0.15, -0.1) is 0 Å². The number of para-hydroxylation sites is 1. The number of carboxylic acids is 1. The summed E-state index contributed by atoms with van der Waals surface area (Å²) >= 11 is -0.839. The number of amides is 1. The van der Waals surface area contributed by atoms with E-state index >= 15 is 0 Å². The number of carbonyl (C=O) groups is 2. The Hall–Kier alpha value is -1.54. The predicted molar refractivity (Wildman–Crippen MR) is 136 cm³/mol. The van der Waals surface area contributed by atoms with Gasteiger partial charge in [0.25, 0.3) is 0 Å². The molecular weight excluding hydrogens is 509 g/mol. The molecule has 0 bridgehead atoms. The van der Waals surface area contributed by atoms with Gasteiger partial charge in [0, 0.05) is 23.5 Å². The van der Waals surface area contributed by atoms with Crippen molar-refractivity contribution in [2.45, 2.75) is 85.1 Å². The molecule has 0 aliphatic heterocycles. The molecule has 2 aromatic rings. The van der Waals surface area contributed by atoms with Gasteiger partial charge >= 0.3 is 98.3 Å². The molecule has 1 aromatic carbocycles. The van der Waals surface area contributed by atoms with Crippen LogP contribution in [0.15, 0.2) is 30.5 Å². The fraction of sp³-hybridized carbons (Fsp3) is 0.600. The maximum absolute atomic E-state index is 11.2. The van der Waals surface area contributed by atoms with E-state index in [0.29, 0.717) is 0 Å². The van der Waals surface area contributed by atoms with Gasteiger partial charge in [-0.1, -0.05) is 18.2 Å². The average Bonchev–Trinajstić information content (AvgIpc) is 3.21. The Morgan fingerprint density at radius 1 is 1.03 bits per heavy atom. The molecule has 0 fully saturated rings. The van der Waals surface area contributed by atoms with E-state index in [0.717, 1.165) is 16.5 Å². The summed E-state index contributed by atoms with van der Waals surface area (Å²) in [5.41, 5.74) is 6.96. The summed E-state index contributed by atoms with van der Waals surface area (Å²) in [6.07, 6.45) is 10.8. The number of fused-ring (bicyclic) bond motifs is 1. The number of aromatic nitrogens is 1. The number of hydrogen-bond donors (Lipinski definition) is 4. The maximum atomic E-state index is 11.2. The molecule has 0 aliphatic carbocycles. The number of H-pyrrole nitrogens is 1. The third-order valence-corrected chi connectivity index (χ3v) is 14.7. The Labute approximate surface area is 200 Å². The molecule has 0 aliphatic rings. The first-order chi connectivity index (χ1) is 15.5. The first-order valence-electron chi connectivity index (χ1n) is 12.1. The van der Waals surface area contributed by atoms with Gasteiger partial charge < -0.3 is 21.1 Å². The van der Waals surface area contributed by atoms with Crippen LogP contribution in [-0.2, 0) is 16.0 Å². The van der Waals surface area contributed by atoms with Crippen LogP contribution in [0.25, 0.3) is 10.9 Å². The Morgan fingerprint density at radius 2 is 1.59 bits per heavy atom. The van der Waals surface area contributed by atoms with Crippen molar-refractivity contribution in [3.8, 4) is 0 Å². The number of aromatic amines is 1. The second-order valence-corrected chi connectivity index (χ2v) is 16.8. The van der Waals surface area contributed by atoms with Gasteiger partial charge in [0.15, 0.2) is 0 Å². The standard InChI is InChI=1S/C13H15N3O3.3C4H9.Sn/c14-6-12(17)16-11(13(18)19)5-8-7-15-10-4-2-1-3-9(8)10;3*1-3-4-2;/h1-4,7,11,15H,5-6,14H2,(H,16,17)(H,18,19);3*1,3-4H2,2H3;/t11-;;;;/m1..../s1. The second kappa shape index (κ2) is 17.0. The smallest absolute Gasteiger partial charge is 0.326 e. The minimum atomic E-state index is -1.08. The SMILES string of the molecule is CCC[CH2][Sn]([CH2]CCC)[CH2]CCC.NCC(=O)N[C@H](Cc1c[nH]c2ccccc12)C(=O)O. The van der Waals surface area contributed by atoms with Gasteiger partial charge in [-0.05, 0) is 11.6 Å². The Balaban J connectivity index is 0.000000347. The van der Waals surface area contributed by atoms with Gasteiger partial charge in [-0.3, -0.25) is 4.79 Å². The Bertz CT molecular complexity index is 775. The minimum absolute atomic E-state index is 0.213. The maximum Gasteiger partial charge on any atom is 0.326 e. The molecule has 7 heteroatoms. The fourth-order valence-corrected chi connectivity index (χ4v) is 13.1. The van der Waals surface area contributed by atoms with E-state index in [9.17, 15) is 9.59 Å². The molecule has 1 radical (unpaired) electrons. The third kappa shape index (κ3) is 10.9. The van der Waals surface area contributed by atoms with Crippen LogP contribution in [0, 0.1) is 0 Å². The minimum Gasteiger partial charge on any atom is -0.480 e. The molecule has 1 atom stereocenters. The number of benzene rings is 1. The zero-order valence-electron chi connectivity index (χ0n) is 20.1. The van der Waals surface area contributed by atoms with Crippen LogP contribution < -0.4 is 11.1 Å². The van der Waals surface area contributed by atoms with E-state index in [1.54, 1.807) is 19.5 Å². The third-order valence-electron chi connectivity index (χ3n) is 5.57. The number of aliphatic carboxylic acids is 1. The molecule has 2 rings (SSSR count). The summed E-state index contributed by atoms with van der Waals surface area (Å²) in [6.45, 7) is 6.78. The van der Waals surface area contributed by atoms with Crippen LogP contribution in [0.1, 0.15) is 64.9 Å². The Kier molecular flexibility index (Phi) is 15.1. The summed E-state index contributed by atoms with van der Waals surface area (Å²) < 4.78 is 5.04. The van der Waals surface area contributed by atoms with Crippen LogP contribution >= 0.6 is 0 Å². The van der Waals surface area contributed by atoms with Crippen molar-refractivity contribution in [3.05, 3.63) is 36.0 Å². The van der Waals surface area contributed by atoms with Crippen LogP contribution in [0.5, 0.6) is 0 Å². The summed E-state index contributed by atoms with van der Waals surface area (Å²) in [4.78, 5) is 25.4. The number of hydrogen-bond acceptors (Lipinski definition) is 3. The zero-order valence-corrected chi connectivity index (χ0v) is 22.9. The number of unbranched alkanes of at least 4 members (excludes halogenated alkanes) is 3. The van der Waals surface area contributed by atoms with Gasteiger partial charge in [0.2, 0.25) is 5.91 Å². The summed E-state index contributed by atoms with van der Waals surface area (Å²) in [5, 5.41) is 12.5. The van der Waals surface area contributed by atoms with Crippen molar-refractivity contribution < 1.29 is 14.7 Å². The molecule has 0 saturated carbocycles. The molecule has 5 N–H and O–H groups in total. The van der Waals surface area contributed by atoms with Crippen LogP contribution in [0.3, 0.4) is 0 Å². The van der Waals surface area contributed by atoms with Crippen molar-refractivity contribution in [3.63, 3.8) is 0 Å². The number of rotatable bonds is 14. The molecule has 0 spiro atoms. The number of nitrogens with one attached hydrogen (secondary N) is 2. The van der Waals surface area contributed by atoms with Gasteiger partial charge in [-0.25, -0.2) is 4.79 Å². The van der Waals surface area contributed by atoms with E-state index in [-0.39, 0.29) is 13.0 Å².